The van der Waals surface area contributed by atoms with Crippen molar-refractivity contribution in [2.45, 2.75) is 269 Å². The number of rotatable bonds is 36. The van der Waals surface area contributed by atoms with Gasteiger partial charge >= 0.3 is 17.9 Å². The third-order valence-corrected chi connectivity index (χ3v) is 16.6. The summed E-state index contributed by atoms with van der Waals surface area (Å²) < 4.78 is 92.2. The number of esters is 2. The van der Waals surface area contributed by atoms with E-state index in [1.807, 2.05) is 74.5 Å². The van der Waals surface area contributed by atoms with Crippen molar-refractivity contribution in [1.82, 2.24) is 0 Å². The van der Waals surface area contributed by atoms with Gasteiger partial charge in [0.1, 0.15) is 25.1 Å². The maximum Gasteiger partial charge on any atom is 0.306 e. The summed E-state index contributed by atoms with van der Waals surface area (Å²) >= 11 is 0. The first kappa shape index (κ1) is 67.0. The Bertz CT molecular complexity index is 2030. The van der Waals surface area contributed by atoms with E-state index in [1.165, 1.54) is 0 Å². The molecule has 2 aliphatic heterocycles. The molecule has 2 aliphatic carbocycles. The summed E-state index contributed by atoms with van der Waals surface area (Å²) in [7, 11) is 0. The van der Waals surface area contributed by atoms with E-state index in [1.54, 1.807) is 0 Å². The minimum absolute atomic E-state index is 0.0128. The molecule has 4 aliphatic rings. The fourth-order valence-corrected chi connectivity index (χ4v) is 11.8. The SMILES string of the molecule is CCCCC(F)(F)C(=O)CC[C@@H]1C(CCCCCCC(=O)OCc2ccccc2)C(=O)C[C@H]1OC1CCCCO1.CCCCC(F)(F)C(O)CC[C@@H]1C(CCCCCCC(=O)OCc2ccccc2)[C@@H](O)C[C@H]1OC1CCCCO1. The molecular weight excluding hydrogens is 1040 g/mol. The molecule has 0 aromatic heterocycles. The Morgan fingerprint density at radius 3 is 1.68 bits per heavy atom. The van der Waals surface area contributed by atoms with E-state index in [0.29, 0.717) is 77.4 Å². The third-order valence-electron chi connectivity index (χ3n) is 16.6. The molecule has 0 bridgehead atoms. The Morgan fingerprint density at radius 1 is 0.613 bits per heavy atom. The highest BCUT2D eigenvalue weighted by Gasteiger charge is 2.47. The van der Waals surface area contributed by atoms with E-state index in [9.17, 15) is 47.0 Å². The number of ether oxygens (including phenoxy) is 6. The molecule has 4 fully saturated rings. The second-order valence-electron chi connectivity index (χ2n) is 22.9. The number of carbonyl (C=O) groups excluding carboxylic acids is 4. The number of Topliss-reactive ketones (excluding diaryl/α,β-unsaturated/α-hetero) is 2. The molecular formula is C64H96F4O12. The zero-order valence-corrected chi connectivity index (χ0v) is 48.1. The molecule has 2 aromatic carbocycles. The number of unbranched alkanes of at least 4 members (excludes halogenated alkanes) is 8. The number of halogens is 4. The fraction of sp³-hybridized carbons (Fsp3) is 0.750. The monoisotopic (exact) mass is 1130 g/mol. The molecule has 10 atom stereocenters. The smallest absolute Gasteiger partial charge is 0.306 e. The Morgan fingerprint density at radius 2 is 1.14 bits per heavy atom. The van der Waals surface area contributed by atoms with Crippen LogP contribution in [0.4, 0.5) is 17.6 Å². The lowest BCUT2D eigenvalue weighted by atomic mass is 9.84. The molecule has 16 heteroatoms. The van der Waals surface area contributed by atoms with Crippen molar-refractivity contribution in [3.63, 3.8) is 0 Å². The summed E-state index contributed by atoms with van der Waals surface area (Å²) in [5.41, 5.74) is 1.92. The quantitative estimate of drug-likeness (QED) is 0.0378. The van der Waals surface area contributed by atoms with E-state index < -0.39 is 42.4 Å². The average Bonchev–Trinajstić information content (AvgIpc) is 3.99. The molecule has 2 saturated carbocycles. The molecule has 0 spiro atoms. The predicted molar refractivity (Wildman–Crippen MR) is 297 cm³/mol. The Hall–Kier alpha value is -3.80. The van der Waals surface area contributed by atoms with Crippen molar-refractivity contribution in [2.24, 2.45) is 23.7 Å². The molecule has 452 valence electrons. The maximum atomic E-state index is 14.5. The third kappa shape index (κ3) is 24.2. The van der Waals surface area contributed by atoms with Gasteiger partial charge in [0.15, 0.2) is 12.6 Å². The van der Waals surface area contributed by atoms with Gasteiger partial charge in [-0.3, -0.25) is 19.2 Å². The largest absolute Gasteiger partial charge is 0.461 e. The molecule has 2 heterocycles. The standard InChI is InChI=1S/C32H50F2O6.C32H46F2O6/c2*1-2-3-20-32(33,34)29(36)19-18-26-25(27(35)22-28(26)40-31-17-11-12-21-38-31)15-9-4-5-10-16-30(37)39-23-24-13-7-6-8-14-24/h6-8,13-14,25-29,31,35-36H,2-5,9-12,15-23H2,1H3;6-8,13-14,25-26,28,31H,2-5,9-12,15-23H2,1H3/t25?,26-,27+,28-,29?,31?;25?,26-,28-,31?/m11/s1. The van der Waals surface area contributed by atoms with Gasteiger partial charge in [0.2, 0.25) is 5.78 Å². The van der Waals surface area contributed by atoms with Crippen LogP contribution in [0.5, 0.6) is 0 Å². The van der Waals surface area contributed by atoms with Crippen LogP contribution >= 0.6 is 0 Å². The number of hydrogen-bond acceptors (Lipinski definition) is 12. The molecule has 2 N–H and O–H groups in total. The minimum Gasteiger partial charge on any atom is -0.461 e. The fourth-order valence-electron chi connectivity index (χ4n) is 11.8. The topological polar surface area (TPSA) is 164 Å². The van der Waals surface area contributed by atoms with Crippen molar-refractivity contribution < 1.29 is 75.4 Å². The van der Waals surface area contributed by atoms with Crippen molar-refractivity contribution in [3.05, 3.63) is 71.8 Å². The molecule has 80 heavy (non-hydrogen) atoms. The van der Waals surface area contributed by atoms with Gasteiger partial charge in [-0.15, -0.1) is 0 Å². The summed E-state index contributed by atoms with van der Waals surface area (Å²) in [6.45, 7) is 5.50. The summed E-state index contributed by atoms with van der Waals surface area (Å²) in [5.74, 6) is -8.54. The lowest BCUT2D eigenvalue weighted by Crippen LogP contribution is -2.36. The highest BCUT2D eigenvalue weighted by atomic mass is 19.3. The lowest BCUT2D eigenvalue weighted by Gasteiger charge is -2.31. The molecule has 5 unspecified atom stereocenters. The van der Waals surface area contributed by atoms with Crippen LogP contribution in [0.2, 0.25) is 0 Å². The molecule has 6 rings (SSSR count). The molecule has 2 saturated heterocycles. The van der Waals surface area contributed by atoms with E-state index in [2.05, 4.69) is 0 Å². The van der Waals surface area contributed by atoms with Gasteiger partial charge in [0.25, 0.3) is 5.92 Å². The normalized spacial score (nSPS) is 24.7. The van der Waals surface area contributed by atoms with Crippen LogP contribution in [0, 0.1) is 23.7 Å². The van der Waals surface area contributed by atoms with Crippen molar-refractivity contribution >= 4 is 23.5 Å². The van der Waals surface area contributed by atoms with Crippen LogP contribution in [-0.4, -0.2) is 95.8 Å². The highest BCUT2D eigenvalue weighted by Crippen LogP contribution is 2.44. The molecule has 0 radical (unpaired) electrons. The van der Waals surface area contributed by atoms with Gasteiger partial charge in [-0.1, -0.05) is 126 Å². The van der Waals surface area contributed by atoms with Crippen molar-refractivity contribution in [1.29, 1.82) is 0 Å². The average molecular weight is 1130 g/mol. The summed E-state index contributed by atoms with van der Waals surface area (Å²) in [6.07, 6.45) is 12.9. The number of aliphatic hydroxyl groups excluding tert-OH is 2. The van der Waals surface area contributed by atoms with E-state index >= 15 is 0 Å². The number of aliphatic hydroxyl groups is 2. The predicted octanol–water partition coefficient (Wildman–Crippen LogP) is 14.3. The van der Waals surface area contributed by atoms with Crippen LogP contribution in [0.3, 0.4) is 0 Å². The summed E-state index contributed by atoms with van der Waals surface area (Å²) in [5, 5.41) is 21.3. The van der Waals surface area contributed by atoms with Crippen LogP contribution in [0.15, 0.2) is 60.7 Å². The van der Waals surface area contributed by atoms with Crippen LogP contribution in [-0.2, 0) is 60.8 Å². The summed E-state index contributed by atoms with van der Waals surface area (Å²) in [4.78, 5) is 49.5. The lowest BCUT2D eigenvalue weighted by molar-refractivity contribution is -0.197. The minimum atomic E-state index is -3.32. The Balaban J connectivity index is 0.000000294. The first-order valence-corrected chi connectivity index (χ1v) is 30.7. The van der Waals surface area contributed by atoms with Crippen molar-refractivity contribution in [3.8, 4) is 0 Å². The van der Waals surface area contributed by atoms with Crippen LogP contribution in [0.25, 0.3) is 0 Å². The first-order valence-electron chi connectivity index (χ1n) is 30.7. The van der Waals surface area contributed by atoms with Crippen LogP contribution in [0.1, 0.15) is 218 Å². The van der Waals surface area contributed by atoms with Gasteiger partial charge in [-0.05, 0) is 125 Å². The highest BCUT2D eigenvalue weighted by molar-refractivity contribution is 5.86. The van der Waals surface area contributed by atoms with E-state index in [-0.39, 0.29) is 105 Å². The van der Waals surface area contributed by atoms with E-state index in [0.717, 1.165) is 101 Å². The number of hydrogen-bond donors (Lipinski definition) is 2. The van der Waals surface area contributed by atoms with Gasteiger partial charge in [0, 0.05) is 64.1 Å². The van der Waals surface area contributed by atoms with Crippen LogP contribution < -0.4 is 0 Å². The van der Waals surface area contributed by atoms with Gasteiger partial charge in [0.05, 0.1) is 18.3 Å². The number of ketones is 2. The molecule has 2 aromatic rings. The second-order valence-corrected chi connectivity index (χ2v) is 22.9. The Labute approximate surface area is 474 Å². The number of benzene rings is 2. The molecule has 12 nitrogen and oxygen atoms in total. The Kier molecular flexibility index (Phi) is 30.7. The number of carbonyl (C=O) groups is 4. The maximum absolute atomic E-state index is 14.5. The molecule has 0 amide bonds. The zero-order chi connectivity index (χ0) is 57.6. The van der Waals surface area contributed by atoms with Gasteiger partial charge < -0.3 is 38.6 Å². The first-order chi connectivity index (χ1) is 38.6. The van der Waals surface area contributed by atoms with Gasteiger partial charge in [-0.25, -0.2) is 8.78 Å². The van der Waals surface area contributed by atoms with Gasteiger partial charge in [-0.2, -0.15) is 8.78 Å². The van der Waals surface area contributed by atoms with Crippen molar-refractivity contribution in [2.75, 3.05) is 13.2 Å². The second kappa shape index (κ2) is 36.7. The van der Waals surface area contributed by atoms with E-state index in [4.69, 9.17) is 28.4 Å². The summed E-state index contributed by atoms with van der Waals surface area (Å²) in [6, 6.07) is 19.2. The zero-order valence-electron chi connectivity index (χ0n) is 48.1. The number of alkyl halides is 4.